The summed E-state index contributed by atoms with van der Waals surface area (Å²) in [7, 11) is 0. The molecule has 2 heteroatoms. The van der Waals surface area contributed by atoms with Gasteiger partial charge in [-0.15, -0.1) is 0 Å². The van der Waals surface area contributed by atoms with E-state index < -0.39 is 0 Å². The first-order valence-corrected chi connectivity index (χ1v) is 7.91. The van der Waals surface area contributed by atoms with Crippen molar-refractivity contribution in [2.45, 2.75) is 25.7 Å². The molecule has 1 aliphatic rings. The predicted octanol–water partition coefficient (Wildman–Crippen LogP) is 4.68. The summed E-state index contributed by atoms with van der Waals surface area (Å²) in [6.45, 7) is 2.22. The van der Waals surface area contributed by atoms with Crippen LogP contribution in [-0.4, -0.2) is 12.4 Å². The van der Waals surface area contributed by atoms with Gasteiger partial charge in [0.15, 0.2) is 12.4 Å². The summed E-state index contributed by atoms with van der Waals surface area (Å²) in [4.78, 5) is 8.93. The van der Waals surface area contributed by atoms with Gasteiger partial charge in [0.2, 0.25) is 6.17 Å². The monoisotopic (exact) mass is 289 g/mol. The number of nitrogens with zero attached hydrogens (tertiary/aromatic N) is 2. The van der Waals surface area contributed by atoms with E-state index in [1.54, 1.807) is 12.4 Å². The Labute approximate surface area is 132 Å². The zero-order valence-corrected chi connectivity index (χ0v) is 12.9. The highest BCUT2D eigenvalue weighted by molar-refractivity contribution is 6.18. The minimum atomic E-state index is 0.345. The highest BCUT2D eigenvalue weighted by Crippen LogP contribution is 2.38. The van der Waals surface area contributed by atoms with Crippen LogP contribution in [0.2, 0.25) is 0 Å². The molecule has 0 radical (unpaired) electrons. The fourth-order valence-corrected chi connectivity index (χ4v) is 3.15. The van der Waals surface area contributed by atoms with Crippen molar-refractivity contribution in [2.24, 2.45) is 15.9 Å². The molecule has 2 unspecified atom stereocenters. The summed E-state index contributed by atoms with van der Waals surface area (Å²) in [5.41, 5.74) is 2.73. The second kappa shape index (κ2) is 7.08. The molecule has 0 aromatic heterocycles. The average molecular weight is 289 g/mol. The van der Waals surface area contributed by atoms with Crippen LogP contribution < -0.4 is 0 Å². The van der Waals surface area contributed by atoms with Crippen LogP contribution in [0.1, 0.15) is 30.4 Å². The van der Waals surface area contributed by atoms with E-state index in [2.05, 4.69) is 77.6 Å². The predicted molar refractivity (Wildman–Crippen MR) is 93.3 cm³/mol. The minimum Gasteiger partial charge on any atom is -0.0965 e. The van der Waals surface area contributed by atoms with E-state index in [1.807, 2.05) is 0 Å². The fraction of sp³-hybridized carbons (Fsp3) is 0.250. The number of rotatable bonds is 6. The van der Waals surface area contributed by atoms with E-state index in [1.165, 1.54) is 11.1 Å². The molecule has 0 bridgehead atoms. The Morgan fingerprint density at radius 3 is 2.05 bits per heavy atom. The zero-order valence-electron chi connectivity index (χ0n) is 12.9. The molecule has 2 aromatic carbocycles. The Morgan fingerprint density at radius 1 is 0.864 bits per heavy atom. The molecule has 0 saturated heterocycles. The smallest absolute Gasteiger partial charge is 0.0965 e. The number of hydrogen-bond acceptors (Lipinski definition) is 2. The van der Waals surface area contributed by atoms with Gasteiger partial charge in [0.25, 0.3) is 0 Å². The van der Waals surface area contributed by atoms with Crippen LogP contribution in [-0.2, 0) is 6.42 Å². The maximum Gasteiger partial charge on any atom is 0.244 e. The number of aliphatic imine (C=N–C) groups is 2. The lowest BCUT2D eigenvalue weighted by Gasteiger charge is -2.25. The molecule has 2 aromatic rings. The van der Waals surface area contributed by atoms with Gasteiger partial charge in [-0.05, 0) is 24.0 Å². The molecule has 0 N–H and O–H groups in total. The van der Waals surface area contributed by atoms with Crippen LogP contribution in [0.15, 0.2) is 70.6 Å². The molecular formula is C20H21N2+. The molecule has 0 fully saturated rings. The van der Waals surface area contributed by atoms with Crippen molar-refractivity contribution in [3.05, 3.63) is 78.0 Å². The normalized spacial score (nSPS) is 16.0. The lowest BCUT2D eigenvalue weighted by molar-refractivity contribution is 0.415. The van der Waals surface area contributed by atoms with Crippen molar-refractivity contribution in [1.82, 2.24) is 0 Å². The summed E-state index contributed by atoms with van der Waals surface area (Å²) in [6.07, 6.45) is 6.60. The van der Waals surface area contributed by atoms with Gasteiger partial charge in [0.05, 0.1) is 5.92 Å². The maximum absolute atomic E-state index is 4.46. The first kappa shape index (κ1) is 14.6. The van der Waals surface area contributed by atoms with Gasteiger partial charge in [0, 0.05) is 5.92 Å². The van der Waals surface area contributed by atoms with Crippen molar-refractivity contribution >= 4 is 12.4 Å². The zero-order chi connectivity index (χ0) is 15.2. The number of hydrogen-bond donors (Lipinski definition) is 0. The summed E-state index contributed by atoms with van der Waals surface area (Å²) < 4.78 is 0. The quantitative estimate of drug-likeness (QED) is 0.690. The minimum absolute atomic E-state index is 0.345. The molecular weight excluding hydrogens is 268 g/mol. The molecule has 22 heavy (non-hydrogen) atoms. The average Bonchev–Trinajstić information content (AvgIpc) is 3.11. The molecule has 0 amide bonds. The molecule has 2 atom stereocenters. The Kier molecular flexibility index (Phi) is 4.69. The van der Waals surface area contributed by atoms with Crippen molar-refractivity contribution < 1.29 is 0 Å². The Bertz CT molecular complexity index is 619. The summed E-state index contributed by atoms with van der Waals surface area (Å²) >= 11 is 0. The van der Waals surface area contributed by atoms with Crippen molar-refractivity contribution in [3.8, 4) is 0 Å². The molecule has 1 heterocycles. The van der Waals surface area contributed by atoms with Crippen LogP contribution >= 0.6 is 0 Å². The number of benzene rings is 2. The van der Waals surface area contributed by atoms with Crippen molar-refractivity contribution in [1.29, 1.82) is 0 Å². The molecule has 0 aliphatic carbocycles. The van der Waals surface area contributed by atoms with Gasteiger partial charge >= 0.3 is 0 Å². The van der Waals surface area contributed by atoms with Crippen molar-refractivity contribution in [3.63, 3.8) is 0 Å². The second-order valence-corrected chi connectivity index (χ2v) is 5.64. The van der Waals surface area contributed by atoms with Crippen LogP contribution in [0.25, 0.3) is 0 Å². The van der Waals surface area contributed by atoms with E-state index >= 15 is 0 Å². The van der Waals surface area contributed by atoms with Crippen LogP contribution in [0, 0.1) is 12.1 Å². The van der Waals surface area contributed by atoms with Crippen LogP contribution in [0.4, 0.5) is 0 Å². The highest BCUT2D eigenvalue weighted by atomic mass is 15.0. The summed E-state index contributed by atoms with van der Waals surface area (Å²) in [6, 6.07) is 21.4. The van der Waals surface area contributed by atoms with Gasteiger partial charge < -0.3 is 0 Å². The summed E-state index contributed by atoms with van der Waals surface area (Å²) in [5, 5.41) is 0. The SMILES string of the molecule is CCC([C+]1N=CC=N1)C(Cc1ccccc1)c1ccccc1. The first-order valence-electron chi connectivity index (χ1n) is 7.91. The third kappa shape index (κ3) is 3.28. The standard InChI is InChI=1S/C20H21N2/c1-2-18(20-21-13-14-22-20)19(17-11-7-4-8-12-17)15-16-9-5-3-6-10-16/h3-14,18-19H,2,15H2,1H3/q+1. The largest absolute Gasteiger partial charge is 0.244 e. The second-order valence-electron chi connectivity index (χ2n) is 5.64. The molecule has 1 aliphatic heterocycles. The lowest BCUT2D eigenvalue weighted by atomic mass is 9.78. The highest BCUT2D eigenvalue weighted by Gasteiger charge is 2.35. The fourth-order valence-electron chi connectivity index (χ4n) is 3.15. The van der Waals surface area contributed by atoms with E-state index in [0.29, 0.717) is 11.8 Å². The Balaban J connectivity index is 1.91. The Morgan fingerprint density at radius 2 is 1.45 bits per heavy atom. The molecule has 2 nitrogen and oxygen atoms in total. The first-order chi connectivity index (χ1) is 10.9. The van der Waals surface area contributed by atoms with Crippen LogP contribution in [0.5, 0.6) is 0 Å². The van der Waals surface area contributed by atoms with E-state index in [0.717, 1.165) is 19.0 Å². The third-order valence-electron chi connectivity index (χ3n) is 4.26. The molecule has 0 spiro atoms. The topological polar surface area (TPSA) is 24.7 Å². The van der Waals surface area contributed by atoms with E-state index in [4.69, 9.17) is 0 Å². The maximum atomic E-state index is 4.46. The van der Waals surface area contributed by atoms with Gasteiger partial charge in [-0.1, -0.05) is 77.6 Å². The van der Waals surface area contributed by atoms with Crippen LogP contribution in [0.3, 0.4) is 0 Å². The third-order valence-corrected chi connectivity index (χ3v) is 4.26. The van der Waals surface area contributed by atoms with Gasteiger partial charge in [-0.25, -0.2) is 0 Å². The molecule has 3 rings (SSSR count). The van der Waals surface area contributed by atoms with E-state index in [-0.39, 0.29) is 0 Å². The molecule has 0 saturated carbocycles. The molecule has 110 valence electrons. The van der Waals surface area contributed by atoms with Gasteiger partial charge in [0.1, 0.15) is 0 Å². The van der Waals surface area contributed by atoms with Gasteiger partial charge in [-0.2, -0.15) is 0 Å². The van der Waals surface area contributed by atoms with Crippen molar-refractivity contribution in [2.75, 3.05) is 0 Å². The lowest BCUT2D eigenvalue weighted by Crippen LogP contribution is -2.19. The van der Waals surface area contributed by atoms with E-state index in [9.17, 15) is 0 Å². The summed E-state index contributed by atoms with van der Waals surface area (Å²) in [5.74, 6) is 0.744. The Hall–Kier alpha value is -2.35. The van der Waals surface area contributed by atoms with Gasteiger partial charge in [-0.3, -0.25) is 0 Å².